The average Bonchev–Trinajstić information content (AvgIpc) is 2.64. The number of hydrogen-bond donors (Lipinski definition) is 0. The maximum absolute atomic E-state index is 7.75. The molecule has 0 spiro atoms. The largest absolute Gasteiger partial charge is 6.00 e. The molecule has 0 aromatic rings. The zero-order valence-electron chi connectivity index (χ0n) is 20.5. The summed E-state index contributed by atoms with van der Waals surface area (Å²) in [6.45, 7) is 29.7. The molecular weight excluding hydrogens is 453 g/mol. The molecule has 2 atom stereocenters. The fourth-order valence-corrected chi connectivity index (χ4v) is 1.97. The van der Waals surface area contributed by atoms with Gasteiger partial charge in [0.15, 0.2) is 0 Å². The van der Waals surface area contributed by atoms with E-state index in [0.717, 1.165) is 38.8 Å². The minimum atomic E-state index is 0. The Morgan fingerprint density at radius 3 is 1.00 bits per heavy atom. The van der Waals surface area contributed by atoms with Crippen LogP contribution in [0.25, 0.3) is 21.3 Å². The van der Waals surface area contributed by atoms with E-state index in [9.17, 15) is 0 Å². The van der Waals surface area contributed by atoms with Crippen LogP contribution < -0.4 is 0 Å². The average molecular weight is 500 g/mol. The van der Waals surface area contributed by atoms with Gasteiger partial charge in [-0.1, -0.05) is 94.9 Å². The van der Waals surface area contributed by atoms with Gasteiger partial charge in [0.25, 0.3) is 0 Å². The van der Waals surface area contributed by atoms with Crippen molar-refractivity contribution in [3.63, 3.8) is 0 Å². The second-order valence-electron chi connectivity index (χ2n) is 8.19. The molecule has 0 bridgehead atoms. The minimum absolute atomic E-state index is 0. The van der Waals surface area contributed by atoms with Gasteiger partial charge in [-0.15, -0.1) is 11.1 Å². The first kappa shape index (κ1) is 39.3. The predicted octanol–water partition coefficient (Wildman–Crippen LogP) is 6.81. The van der Waals surface area contributed by atoms with Gasteiger partial charge in [-0.2, -0.15) is 13.1 Å². The van der Waals surface area contributed by atoms with E-state index in [0.29, 0.717) is 0 Å². The van der Waals surface area contributed by atoms with Gasteiger partial charge in [0.2, 0.25) is 0 Å². The topological polar surface area (TPSA) is 90.5 Å². The summed E-state index contributed by atoms with van der Waals surface area (Å²) in [6, 6.07) is 0. The van der Waals surface area contributed by atoms with Crippen LogP contribution in [0.15, 0.2) is 0 Å². The number of rotatable bonds is 10. The van der Waals surface area contributed by atoms with E-state index >= 15 is 0 Å². The molecule has 0 heterocycles. The third-order valence-electron chi connectivity index (χ3n) is 2.93. The van der Waals surface area contributed by atoms with Crippen LogP contribution in [-0.2, 0) is 29.1 Å². The molecule has 0 radical (unpaired) electrons. The third-order valence-corrected chi connectivity index (χ3v) is 2.93. The molecule has 2 unspecified atom stereocenters. The van der Waals surface area contributed by atoms with Gasteiger partial charge in [-0.25, -0.2) is 12.3 Å². The summed E-state index contributed by atoms with van der Waals surface area (Å²) in [5, 5.41) is 18.2. The quantitative estimate of drug-likeness (QED) is 0.188. The molecule has 6 nitrogen and oxygen atoms in total. The van der Waals surface area contributed by atoms with Gasteiger partial charge >= 0.3 is 19.5 Å². The number of carbonyl (C=O) groups excluding carboxylic acids is 2. The summed E-state index contributed by atoms with van der Waals surface area (Å²) in [5.74, 6) is 0. The van der Waals surface area contributed by atoms with Crippen LogP contribution in [0.4, 0.5) is 0 Å². The molecule has 0 saturated carbocycles. The summed E-state index contributed by atoms with van der Waals surface area (Å²) in [4.78, 5) is 15.5. The van der Waals surface area contributed by atoms with E-state index in [4.69, 9.17) is 9.59 Å². The van der Waals surface area contributed by atoms with Crippen LogP contribution in [0, 0.1) is 0 Å². The van der Waals surface area contributed by atoms with Gasteiger partial charge in [0, 0.05) is 0 Å². The van der Waals surface area contributed by atoms with Crippen LogP contribution >= 0.6 is 0 Å². The monoisotopic (exact) mass is 500 g/mol. The molecule has 7 heteroatoms. The fourth-order valence-electron chi connectivity index (χ4n) is 1.97. The van der Waals surface area contributed by atoms with Crippen LogP contribution in [-0.4, -0.2) is 50.1 Å². The van der Waals surface area contributed by atoms with Crippen molar-refractivity contribution in [2.24, 2.45) is 0 Å². The molecule has 0 aliphatic heterocycles. The summed E-state index contributed by atoms with van der Waals surface area (Å²) < 4.78 is 0. The van der Waals surface area contributed by atoms with E-state index < -0.39 is 0 Å². The third kappa shape index (κ3) is 38.9. The van der Waals surface area contributed by atoms with E-state index in [1.807, 2.05) is 0 Å². The Morgan fingerprint density at radius 2 is 0.862 bits per heavy atom. The van der Waals surface area contributed by atoms with Gasteiger partial charge in [0.1, 0.15) is 0 Å². The van der Waals surface area contributed by atoms with Crippen molar-refractivity contribution >= 4 is 13.6 Å². The smallest absolute Gasteiger partial charge is 0.678 e. The predicted molar refractivity (Wildman–Crippen MR) is 125 cm³/mol. The number of nitrogens with zero attached hydrogens (tertiary/aromatic N) is 4. The second-order valence-corrected chi connectivity index (χ2v) is 8.19. The zero-order chi connectivity index (χ0) is 23.2. The first-order valence-electron chi connectivity index (χ1n) is 10.2. The zero-order valence-corrected chi connectivity index (χ0v) is 22.2. The standard InChI is InChI=1S/2C10H22N2.2CHO.Ru/c2*1-6-8-11-9(7-2)12-10(3,4)5;2*1-2;/h2*9H,6-8H2,1-5H3;2*1H;/q2*-2;2*-1;+6. The van der Waals surface area contributed by atoms with Crippen LogP contribution in [0.5, 0.6) is 0 Å². The van der Waals surface area contributed by atoms with Crippen molar-refractivity contribution in [3.05, 3.63) is 21.3 Å². The molecule has 0 amide bonds. The van der Waals surface area contributed by atoms with Crippen molar-refractivity contribution in [1.29, 1.82) is 0 Å². The van der Waals surface area contributed by atoms with Gasteiger partial charge in [-0.3, -0.25) is 13.6 Å². The Kier molecular flexibility index (Phi) is 35.0. The molecule has 0 N–H and O–H groups in total. The Hall–Kier alpha value is -0.197. The van der Waals surface area contributed by atoms with Crippen molar-refractivity contribution in [1.82, 2.24) is 0 Å². The van der Waals surface area contributed by atoms with Gasteiger partial charge in [-0.05, 0) is 0 Å². The molecule has 0 aliphatic rings. The Morgan fingerprint density at radius 1 is 0.621 bits per heavy atom. The molecule has 0 aromatic heterocycles. The van der Waals surface area contributed by atoms with Crippen molar-refractivity contribution < 1.29 is 29.1 Å². The molecule has 0 rings (SSSR count). The Labute approximate surface area is 195 Å². The van der Waals surface area contributed by atoms with Gasteiger partial charge < -0.3 is 30.9 Å². The van der Waals surface area contributed by atoms with E-state index in [1.54, 1.807) is 0 Å². The second kappa shape index (κ2) is 25.8. The normalized spacial score (nSPS) is 12.5. The molecule has 29 heavy (non-hydrogen) atoms. The summed E-state index contributed by atoms with van der Waals surface area (Å²) >= 11 is 0. The van der Waals surface area contributed by atoms with E-state index in [-0.39, 0.29) is 42.9 Å². The van der Waals surface area contributed by atoms with Crippen LogP contribution in [0.3, 0.4) is 0 Å². The summed E-state index contributed by atoms with van der Waals surface area (Å²) in [6.07, 6.45) is 4.72. The molecule has 0 fully saturated rings. The van der Waals surface area contributed by atoms with Crippen LogP contribution in [0.2, 0.25) is 0 Å². The summed E-state index contributed by atoms with van der Waals surface area (Å²) in [7, 11) is 0. The SMILES string of the molecule is CCC[N-]C(CC)[N-]C(C)(C)C.CCC[N-]C(CC)[N-]C(C)(C)C.[CH-]=O.[CH-]=O.[Ru+6]. The first-order valence-corrected chi connectivity index (χ1v) is 10.2. The molecule has 174 valence electrons. The van der Waals surface area contributed by atoms with Crippen molar-refractivity contribution in [3.8, 4) is 0 Å². The van der Waals surface area contributed by atoms with E-state index in [2.05, 4.69) is 104 Å². The molecular formula is C22H46N4O2Ru. The maximum Gasteiger partial charge on any atom is 6.00 e. The molecule has 0 aromatic carbocycles. The van der Waals surface area contributed by atoms with E-state index in [1.165, 1.54) is 0 Å². The number of hydrogen-bond acceptors (Lipinski definition) is 2. The first-order chi connectivity index (χ1) is 13.0. The maximum atomic E-state index is 7.75. The summed E-state index contributed by atoms with van der Waals surface area (Å²) in [5.41, 5.74) is 0.107. The van der Waals surface area contributed by atoms with Crippen molar-refractivity contribution in [2.75, 3.05) is 13.1 Å². The molecule has 0 saturated heterocycles. The molecule has 0 aliphatic carbocycles. The van der Waals surface area contributed by atoms with Gasteiger partial charge in [0.05, 0.1) is 0 Å². The fraction of sp³-hybridized carbons (Fsp3) is 0.909. The Bertz CT molecular complexity index is 278. The van der Waals surface area contributed by atoms with Crippen molar-refractivity contribution in [2.45, 2.75) is 118 Å². The Balaban J connectivity index is -0.000000109. The van der Waals surface area contributed by atoms with Crippen LogP contribution in [0.1, 0.15) is 94.9 Å². The minimum Gasteiger partial charge on any atom is -0.678 e.